The fraction of sp³-hybridized carbons (Fsp3) is 0.0769. The van der Waals surface area contributed by atoms with Gasteiger partial charge in [0.15, 0.2) is 0 Å². The number of hydrogen-bond donors (Lipinski definition) is 0. The Bertz CT molecular complexity index is 381. The van der Waals surface area contributed by atoms with Gasteiger partial charge < -0.3 is 0 Å². The summed E-state index contributed by atoms with van der Waals surface area (Å²) in [7, 11) is 0.889. The third-order valence-corrected chi connectivity index (χ3v) is 4.22. The Balaban J connectivity index is 2.44. The number of alkyl halides is 1. The highest BCUT2D eigenvalue weighted by molar-refractivity contribution is 6.46. The largest absolute Gasteiger partial charge is 0.114 e. The Morgan fingerprint density at radius 1 is 0.733 bits per heavy atom. The molecule has 2 rings (SSSR count). The first-order valence-corrected chi connectivity index (χ1v) is 6.39. The van der Waals surface area contributed by atoms with Crippen molar-refractivity contribution in [2.75, 3.05) is 0 Å². The third kappa shape index (κ3) is 2.14. The molecule has 0 radical (unpaired) electrons. The molecule has 0 saturated heterocycles. The molecule has 0 fully saturated rings. The normalized spacial score (nSPS) is 11.5. The van der Waals surface area contributed by atoms with Crippen molar-refractivity contribution in [2.45, 2.75) is 4.50 Å². The van der Waals surface area contributed by atoms with Crippen LogP contribution < -0.4 is 0 Å². The SMILES string of the molecule is [SiH3]C(Cl)(c1ccccc1)c1ccccc1. The number of benzene rings is 2. The highest BCUT2D eigenvalue weighted by Gasteiger charge is 2.24. The fourth-order valence-electron chi connectivity index (χ4n) is 1.67. The second-order valence-corrected chi connectivity index (χ2v) is 6.62. The molecule has 0 atom stereocenters. The highest BCUT2D eigenvalue weighted by atomic mass is 35.5. The van der Waals surface area contributed by atoms with Crippen LogP contribution in [0.3, 0.4) is 0 Å². The van der Waals surface area contributed by atoms with E-state index in [1.807, 2.05) is 36.4 Å². The molecule has 0 N–H and O–H groups in total. The van der Waals surface area contributed by atoms with Gasteiger partial charge in [-0.3, -0.25) is 0 Å². The van der Waals surface area contributed by atoms with E-state index in [9.17, 15) is 0 Å². The molecule has 76 valence electrons. The molecule has 0 saturated carbocycles. The summed E-state index contributed by atoms with van der Waals surface area (Å²) < 4.78 is -0.303. The molecule has 0 aliphatic carbocycles. The second-order valence-electron chi connectivity index (χ2n) is 3.74. The monoisotopic (exact) mass is 232 g/mol. The van der Waals surface area contributed by atoms with E-state index in [0.717, 1.165) is 10.2 Å². The van der Waals surface area contributed by atoms with E-state index < -0.39 is 0 Å². The molecule has 0 spiro atoms. The van der Waals surface area contributed by atoms with Gasteiger partial charge in [0.05, 0.1) is 4.50 Å². The van der Waals surface area contributed by atoms with Gasteiger partial charge in [-0.05, 0) is 11.1 Å². The van der Waals surface area contributed by atoms with Gasteiger partial charge in [0.1, 0.15) is 0 Å². The molecule has 2 aromatic rings. The molecule has 0 unspecified atom stereocenters. The van der Waals surface area contributed by atoms with Crippen molar-refractivity contribution in [3.8, 4) is 0 Å². The summed E-state index contributed by atoms with van der Waals surface area (Å²) in [5, 5.41) is 0. The quantitative estimate of drug-likeness (QED) is 0.552. The molecule has 0 aliphatic heterocycles. The van der Waals surface area contributed by atoms with Crippen LogP contribution in [0.15, 0.2) is 60.7 Å². The van der Waals surface area contributed by atoms with Gasteiger partial charge in [-0.15, -0.1) is 11.6 Å². The second kappa shape index (κ2) is 4.21. The van der Waals surface area contributed by atoms with E-state index in [1.54, 1.807) is 0 Å². The summed E-state index contributed by atoms with van der Waals surface area (Å²) in [6.45, 7) is 0. The van der Waals surface area contributed by atoms with Crippen LogP contribution in [0.25, 0.3) is 0 Å². The lowest BCUT2D eigenvalue weighted by Gasteiger charge is -2.23. The lowest BCUT2D eigenvalue weighted by atomic mass is 10.0. The first kappa shape index (κ1) is 10.5. The molecule has 0 bridgehead atoms. The van der Waals surface area contributed by atoms with Gasteiger partial charge in [-0.1, -0.05) is 60.7 Å². The van der Waals surface area contributed by atoms with Crippen molar-refractivity contribution in [1.82, 2.24) is 0 Å². The van der Waals surface area contributed by atoms with Crippen LogP contribution in [-0.2, 0) is 4.50 Å². The Kier molecular flexibility index (Phi) is 2.94. The Hall–Kier alpha value is -1.05. The Labute approximate surface area is 98.3 Å². The van der Waals surface area contributed by atoms with Gasteiger partial charge in [-0.25, -0.2) is 0 Å². The van der Waals surface area contributed by atoms with Crippen LogP contribution >= 0.6 is 11.6 Å². The minimum atomic E-state index is -0.303. The molecule has 0 aliphatic rings. The molecule has 0 nitrogen and oxygen atoms in total. The van der Waals surface area contributed by atoms with Gasteiger partial charge in [-0.2, -0.15) is 0 Å². The summed E-state index contributed by atoms with van der Waals surface area (Å²) in [6, 6.07) is 20.5. The smallest absolute Gasteiger partial charge is 0.0748 e. The summed E-state index contributed by atoms with van der Waals surface area (Å²) >= 11 is 6.65. The van der Waals surface area contributed by atoms with E-state index >= 15 is 0 Å². The molecular weight excluding hydrogens is 220 g/mol. The number of hydrogen-bond acceptors (Lipinski definition) is 0. The minimum absolute atomic E-state index is 0.303. The van der Waals surface area contributed by atoms with E-state index in [-0.39, 0.29) is 4.50 Å². The van der Waals surface area contributed by atoms with Gasteiger partial charge in [0.2, 0.25) is 0 Å². The molecule has 0 amide bonds. The van der Waals surface area contributed by atoms with Crippen LogP contribution in [-0.4, -0.2) is 10.2 Å². The van der Waals surface area contributed by atoms with E-state index in [4.69, 9.17) is 11.6 Å². The van der Waals surface area contributed by atoms with Gasteiger partial charge >= 0.3 is 0 Å². The van der Waals surface area contributed by atoms with Crippen LogP contribution in [0.2, 0.25) is 0 Å². The van der Waals surface area contributed by atoms with Crippen LogP contribution in [0.4, 0.5) is 0 Å². The zero-order chi connectivity index (χ0) is 10.7. The average molecular weight is 233 g/mol. The highest BCUT2D eigenvalue weighted by Crippen LogP contribution is 2.32. The molecule has 0 heterocycles. The minimum Gasteiger partial charge on any atom is -0.114 e. The number of halogens is 1. The average Bonchev–Trinajstić information content (AvgIpc) is 2.31. The maximum Gasteiger partial charge on any atom is 0.0748 e. The molecular formula is C13H13ClSi. The van der Waals surface area contributed by atoms with Gasteiger partial charge in [0, 0.05) is 10.2 Å². The lowest BCUT2D eigenvalue weighted by molar-refractivity contribution is 1.04. The molecule has 2 heteroatoms. The lowest BCUT2D eigenvalue weighted by Crippen LogP contribution is -2.20. The number of rotatable bonds is 2. The third-order valence-electron chi connectivity index (χ3n) is 2.63. The molecule has 15 heavy (non-hydrogen) atoms. The summed E-state index contributed by atoms with van der Waals surface area (Å²) in [6.07, 6.45) is 0. The molecule has 2 aromatic carbocycles. The van der Waals surface area contributed by atoms with Gasteiger partial charge in [0.25, 0.3) is 0 Å². The predicted molar refractivity (Wildman–Crippen MR) is 69.5 cm³/mol. The topological polar surface area (TPSA) is 0 Å². The van der Waals surface area contributed by atoms with E-state index in [1.165, 1.54) is 11.1 Å². The maximum absolute atomic E-state index is 6.65. The summed E-state index contributed by atoms with van der Waals surface area (Å²) in [4.78, 5) is 0. The maximum atomic E-state index is 6.65. The standard InChI is InChI=1S/C13H13ClSi/c14-13(15,11-7-3-1-4-8-11)12-9-5-2-6-10-12/h1-10H,15H3. The molecule has 0 aromatic heterocycles. The summed E-state index contributed by atoms with van der Waals surface area (Å²) in [5.41, 5.74) is 2.37. The Morgan fingerprint density at radius 3 is 1.40 bits per heavy atom. The van der Waals surface area contributed by atoms with Crippen LogP contribution in [0, 0.1) is 0 Å². The van der Waals surface area contributed by atoms with Crippen molar-refractivity contribution >= 4 is 21.8 Å². The predicted octanol–water partition coefficient (Wildman–Crippen LogP) is 2.49. The van der Waals surface area contributed by atoms with Crippen LogP contribution in [0.1, 0.15) is 11.1 Å². The fourth-order valence-corrected chi connectivity index (χ4v) is 2.59. The first-order chi connectivity index (χ1) is 7.21. The van der Waals surface area contributed by atoms with E-state index in [0.29, 0.717) is 0 Å². The van der Waals surface area contributed by atoms with Crippen molar-refractivity contribution in [1.29, 1.82) is 0 Å². The zero-order valence-corrected chi connectivity index (χ0v) is 11.4. The van der Waals surface area contributed by atoms with E-state index in [2.05, 4.69) is 24.3 Å². The zero-order valence-electron chi connectivity index (χ0n) is 8.65. The van der Waals surface area contributed by atoms with Crippen molar-refractivity contribution in [3.63, 3.8) is 0 Å². The van der Waals surface area contributed by atoms with Crippen molar-refractivity contribution in [3.05, 3.63) is 71.8 Å². The van der Waals surface area contributed by atoms with Crippen molar-refractivity contribution < 1.29 is 0 Å². The van der Waals surface area contributed by atoms with Crippen LogP contribution in [0.5, 0.6) is 0 Å². The Morgan fingerprint density at radius 2 is 1.07 bits per heavy atom. The first-order valence-electron chi connectivity index (χ1n) is 5.01. The van der Waals surface area contributed by atoms with Crippen molar-refractivity contribution in [2.24, 2.45) is 0 Å². The summed E-state index contributed by atoms with van der Waals surface area (Å²) in [5.74, 6) is 0.